The van der Waals surface area contributed by atoms with Crippen molar-refractivity contribution in [3.05, 3.63) is 35.9 Å². The predicted molar refractivity (Wildman–Crippen MR) is 56.0 cm³/mol. The molecule has 0 aliphatic heterocycles. The third kappa shape index (κ3) is 3.81. The molecule has 0 aromatic heterocycles. The summed E-state index contributed by atoms with van der Waals surface area (Å²) in [5.74, 6) is 0.545. The maximum absolute atomic E-state index is 8.83. The highest BCUT2D eigenvalue weighted by molar-refractivity contribution is 7.80. The minimum atomic E-state index is -0.163. The number of aliphatic hydroxyl groups excluding tert-OH is 1. The maximum atomic E-state index is 8.83. The summed E-state index contributed by atoms with van der Waals surface area (Å²) in [4.78, 5) is 0. The Balaban J connectivity index is 2.34. The quantitative estimate of drug-likeness (QED) is 0.702. The zero-order valence-electron chi connectivity index (χ0n) is 7.39. The summed E-state index contributed by atoms with van der Waals surface area (Å²) < 4.78 is 5.40. The first-order chi connectivity index (χ1) is 6.36. The van der Waals surface area contributed by atoms with Gasteiger partial charge in [-0.05, 0) is 5.56 Å². The Kier molecular flexibility index (Phi) is 4.90. The van der Waals surface area contributed by atoms with E-state index in [9.17, 15) is 0 Å². The first-order valence-electron chi connectivity index (χ1n) is 4.24. The molecule has 1 rings (SSSR count). The Morgan fingerprint density at radius 2 is 2.00 bits per heavy atom. The molecule has 0 saturated carbocycles. The molecule has 0 aliphatic rings. The van der Waals surface area contributed by atoms with E-state index < -0.39 is 0 Å². The molecule has 0 radical (unpaired) electrons. The summed E-state index contributed by atoms with van der Waals surface area (Å²) in [5, 5.41) is 8.83. The van der Waals surface area contributed by atoms with Gasteiger partial charge in [0.2, 0.25) is 0 Å². The van der Waals surface area contributed by atoms with Gasteiger partial charge in [-0.2, -0.15) is 12.6 Å². The minimum Gasteiger partial charge on any atom is -0.394 e. The molecule has 1 aromatic rings. The molecule has 2 nitrogen and oxygen atoms in total. The van der Waals surface area contributed by atoms with E-state index in [-0.39, 0.29) is 12.7 Å². The van der Waals surface area contributed by atoms with Gasteiger partial charge in [0.1, 0.15) is 0 Å². The van der Waals surface area contributed by atoms with Gasteiger partial charge in [0.15, 0.2) is 0 Å². The molecule has 13 heavy (non-hydrogen) atoms. The number of hydrogen-bond acceptors (Lipinski definition) is 3. The Bertz CT molecular complexity index is 222. The summed E-state index contributed by atoms with van der Waals surface area (Å²) in [7, 11) is 0. The molecular weight excluding hydrogens is 184 g/mol. The van der Waals surface area contributed by atoms with Gasteiger partial charge in [-0.25, -0.2) is 0 Å². The van der Waals surface area contributed by atoms with Gasteiger partial charge in [0.05, 0.1) is 19.3 Å². The normalized spacial score (nSPS) is 12.8. The molecule has 1 N–H and O–H groups in total. The second-order valence-electron chi connectivity index (χ2n) is 2.78. The largest absolute Gasteiger partial charge is 0.394 e. The van der Waals surface area contributed by atoms with Crippen LogP contribution in [0.5, 0.6) is 0 Å². The average Bonchev–Trinajstić information content (AvgIpc) is 2.21. The fourth-order valence-electron chi connectivity index (χ4n) is 0.951. The van der Waals surface area contributed by atoms with Crippen LogP contribution in [0.1, 0.15) is 5.56 Å². The lowest BCUT2D eigenvalue weighted by Gasteiger charge is -2.12. The van der Waals surface area contributed by atoms with E-state index in [0.717, 1.165) is 5.56 Å². The highest BCUT2D eigenvalue weighted by Gasteiger charge is 2.04. The molecule has 1 aromatic carbocycles. The van der Waals surface area contributed by atoms with Gasteiger partial charge < -0.3 is 9.84 Å². The SMILES string of the molecule is OC[C@H](CS)OCc1ccccc1. The summed E-state index contributed by atoms with van der Waals surface area (Å²) in [6.07, 6.45) is -0.163. The van der Waals surface area contributed by atoms with Crippen LogP contribution in [0, 0.1) is 0 Å². The molecule has 0 unspecified atom stereocenters. The topological polar surface area (TPSA) is 29.5 Å². The van der Waals surface area contributed by atoms with Crippen molar-refractivity contribution in [2.75, 3.05) is 12.4 Å². The molecule has 0 aliphatic carbocycles. The molecule has 0 spiro atoms. The summed E-state index contributed by atoms with van der Waals surface area (Å²) >= 11 is 4.06. The van der Waals surface area contributed by atoms with Crippen molar-refractivity contribution in [2.45, 2.75) is 12.7 Å². The third-order valence-corrected chi connectivity index (χ3v) is 2.14. The molecule has 72 valence electrons. The van der Waals surface area contributed by atoms with Crippen molar-refractivity contribution < 1.29 is 9.84 Å². The van der Waals surface area contributed by atoms with E-state index >= 15 is 0 Å². The summed E-state index contributed by atoms with van der Waals surface area (Å²) in [6, 6.07) is 9.88. The monoisotopic (exact) mass is 198 g/mol. The predicted octanol–water partition coefficient (Wildman–Crippen LogP) is 1.49. The van der Waals surface area contributed by atoms with E-state index in [2.05, 4.69) is 12.6 Å². The van der Waals surface area contributed by atoms with Crippen molar-refractivity contribution in [2.24, 2.45) is 0 Å². The van der Waals surface area contributed by atoms with E-state index in [1.165, 1.54) is 0 Å². The Morgan fingerprint density at radius 1 is 1.31 bits per heavy atom. The number of aliphatic hydroxyl groups is 1. The van der Waals surface area contributed by atoms with Crippen LogP contribution >= 0.6 is 12.6 Å². The van der Waals surface area contributed by atoms with Crippen LogP contribution in [-0.2, 0) is 11.3 Å². The summed E-state index contributed by atoms with van der Waals surface area (Å²) in [6.45, 7) is 0.558. The van der Waals surface area contributed by atoms with Gasteiger partial charge in [-0.1, -0.05) is 30.3 Å². The van der Waals surface area contributed by atoms with Gasteiger partial charge in [-0.3, -0.25) is 0 Å². The van der Waals surface area contributed by atoms with Gasteiger partial charge in [0.25, 0.3) is 0 Å². The molecule has 0 heterocycles. The number of hydrogen-bond donors (Lipinski definition) is 2. The Labute approximate surface area is 84.0 Å². The standard InChI is InChI=1S/C10H14O2S/c11-6-10(8-13)12-7-9-4-2-1-3-5-9/h1-5,10-11,13H,6-8H2/t10-/m1/s1. The first kappa shape index (κ1) is 10.6. The van der Waals surface area contributed by atoms with Crippen molar-refractivity contribution in [1.82, 2.24) is 0 Å². The third-order valence-electron chi connectivity index (χ3n) is 1.74. The number of benzene rings is 1. The van der Waals surface area contributed by atoms with Crippen LogP contribution in [0.2, 0.25) is 0 Å². The summed E-state index contributed by atoms with van der Waals surface area (Å²) in [5.41, 5.74) is 1.11. The number of rotatable bonds is 5. The zero-order valence-corrected chi connectivity index (χ0v) is 8.28. The maximum Gasteiger partial charge on any atom is 0.0897 e. The Morgan fingerprint density at radius 3 is 2.54 bits per heavy atom. The van der Waals surface area contributed by atoms with Crippen LogP contribution in [0.3, 0.4) is 0 Å². The number of ether oxygens (including phenoxy) is 1. The van der Waals surface area contributed by atoms with Gasteiger partial charge >= 0.3 is 0 Å². The lowest BCUT2D eigenvalue weighted by Crippen LogP contribution is -2.19. The van der Waals surface area contributed by atoms with Crippen LogP contribution in [0.25, 0.3) is 0 Å². The number of thiol groups is 1. The van der Waals surface area contributed by atoms with Crippen LogP contribution in [0.15, 0.2) is 30.3 Å². The first-order valence-corrected chi connectivity index (χ1v) is 4.87. The molecule has 1 atom stereocenters. The smallest absolute Gasteiger partial charge is 0.0897 e. The van der Waals surface area contributed by atoms with Crippen LogP contribution in [0.4, 0.5) is 0 Å². The molecule has 0 amide bonds. The molecule has 0 bridgehead atoms. The second-order valence-corrected chi connectivity index (χ2v) is 3.15. The highest BCUT2D eigenvalue weighted by Crippen LogP contribution is 2.03. The van der Waals surface area contributed by atoms with E-state index in [4.69, 9.17) is 9.84 Å². The van der Waals surface area contributed by atoms with Gasteiger partial charge in [-0.15, -0.1) is 0 Å². The Hall–Kier alpha value is -0.510. The van der Waals surface area contributed by atoms with Crippen molar-refractivity contribution in [3.63, 3.8) is 0 Å². The molecular formula is C10H14O2S. The van der Waals surface area contributed by atoms with Crippen LogP contribution < -0.4 is 0 Å². The lowest BCUT2D eigenvalue weighted by atomic mass is 10.2. The van der Waals surface area contributed by atoms with Crippen molar-refractivity contribution >= 4 is 12.6 Å². The molecule has 0 saturated heterocycles. The molecule has 0 fully saturated rings. The van der Waals surface area contributed by atoms with Crippen LogP contribution in [-0.4, -0.2) is 23.6 Å². The van der Waals surface area contributed by atoms with Gasteiger partial charge in [0, 0.05) is 5.75 Å². The fourth-order valence-corrected chi connectivity index (χ4v) is 1.17. The zero-order chi connectivity index (χ0) is 9.52. The van der Waals surface area contributed by atoms with E-state index in [1.807, 2.05) is 30.3 Å². The highest BCUT2D eigenvalue weighted by atomic mass is 32.1. The molecule has 3 heteroatoms. The van der Waals surface area contributed by atoms with Crippen molar-refractivity contribution in [3.8, 4) is 0 Å². The second kappa shape index (κ2) is 6.02. The lowest BCUT2D eigenvalue weighted by molar-refractivity contribution is 0.0176. The van der Waals surface area contributed by atoms with E-state index in [1.54, 1.807) is 0 Å². The minimum absolute atomic E-state index is 0.0241. The average molecular weight is 198 g/mol. The fraction of sp³-hybridized carbons (Fsp3) is 0.400. The van der Waals surface area contributed by atoms with E-state index in [0.29, 0.717) is 12.4 Å². The van der Waals surface area contributed by atoms with Crippen molar-refractivity contribution in [1.29, 1.82) is 0 Å².